The topological polar surface area (TPSA) is 95.9 Å². The van der Waals surface area contributed by atoms with Gasteiger partial charge in [0.1, 0.15) is 12.3 Å². The number of carboxylic acids is 1. The average molecular weight is 306 g/mol. The number of rotatable bonds is 5. The minimum absolute atomic E-state index is 0.0572. The molecule has 1 unspecified atom stereocenters. The van der Waals surface area contributed by atoms with E-state index in [0.29, 0.717) is 23.4 Å². The largest absolute Gasteiger partial charge is 0.482 e. The van der Waals surface area contributed by atoms with Gasteiger partial charge in [-0.1, -0.05) is 6.92 Å². The maximum Gasteiger partial charge on any atom is 0.323 e. The Hall–Kier alpha value is -2.57. The van der Waals surface area contributed by atoms with E-state index >= 15 is 0 Å². The molecule has 0 fully saturated rings. The minimum atomic E-state index is -1.07. The molecular weight excluding hydrogens is 288 g/mol. The van der Waals surface area contributed by atoms with Crippen LogP contribution in [0.5, 0.6) is 5.75 Å². The highest BCUT2D eigenvalue weighted by Crippen LogP contribution is 2.29. The first-order valence-corrected chi connectivity index (χ1v) is 7.01. The van der Waals surface area contributed by atoms with Gasteiger partial charge in [-0.2, -0.15) is 0 Å². The van der Waals surface area contributed by atoms with Crippen LogP contribution in [-0.2, 0) is 9.59 Å². The van der Waals surface area contributed by atoms with Crippen LogP contribution in [0.4, 0.5) is 5.69 Å². The Labute approximate surface area is 127 Å². The number of hydrogen-bond donors (Lipinski definition) is 2. The number of hydrogen-bond acceptors (Lipinski definition) is 4. The molecule has 7 heteroatoms. The Morgan fingerprint density at radius 3 is 2.82 bits per heavy atom. The lowest BCUT2D eigenvalue weighted by molar-refractivity contribution is -0.138. The van der Waals surface area contributed by atoms with Crippen molar-refractivity contribution in [3.05, 3.63) is 23.8 Å². The number of carbonyl (C=O) groups is 3. The molecule has 0 saturated heterocycles. The van der Waals surface area contributed by atoms with E-state index in [1.54, 1.807) is 19.1 Å². The standard InChI is InChI=1S/C15H18N2O5/c1-3-9(2)17(7-14(19)20)15(21)10-4-5-12-11(6-10)16-13(18)8-22-12/h4-6,9H,3,7-8H2,1-2H3,(H,16,18)(H,19,20). The molecule has 1 aromatic rings. The number of anilines is 1. The third-order valence-corrected chi connectivity index (χ3v) is 3.55. The quantitative estimate of drug-likeness (QED) is 0.856. The summed E-state index contributed by atoms with van der Waals surface area (Å²) >= 11 is 0. The first-order valence-electron chi connectivity index (χ1n) is 7.01. The van der Waals surface area contributed by atoms with E-state index in [-0.39, 0.29) is 31.0 Å². The fourth-order valence-electron chi connectivity index (χ4n) is 2.18. The van der Waals surface area contributed by atoms with E-state index < -0.39 is 5.97 Å². The maximum absolute atomic E-state index is 12.6. The van der Waals surface area contributed by atoms with E-state index in [4.69, 9.17) is 9.84 Å². The molecular formula is C15H18N2O5. The van der Waals surface area contributed by atoms with E-state index in [1.165, 1.54) is 11.0 Å². The summed E-state index contributed by atoms with van der Waals surface area (Å²) in [6.45, 7) is 3.25. The summed E-state index contributed by atoms with van der Waals surface area (Å²) in [5.41, 5.74) is 0.729. The third kappa shape index (κ3) is 3.36. The second-order valence-electron chi connectivity index (χ2n) is 5.13. The molecule has 2 rings (SSSR count). The number of benzene rings is 1. The number of ether oxygens (including phenoxy) is 1. The summed E-state index contributed by atoms with van der Waals surface area (Å²) in [6.07, 6.45) is 0.643. The first kappa shape index (κ1) is 15.8. The summed E-state index contributed by atoms with van der Waals surface area (Å²) in [5, 5.41) is 11.6. The molecule has 1 heterocycles. The van der Waals surface area contributed by atoms with Gasteiger partial charge in [0, 0.05) is 11.6 Å². The molecule has 0 radical (unpaired) electrons. The van der Waals surface area contributed by atoms with Gasteiger partial charge in [0.2, 0.25) is 0 Å². The van der Waals surface area contributed by atoms with Crippen molar-refractivity contribution in [3.63, 3.8) is 0 Å². The fraction of sp³-hybridized carbons (Fsp3) is 0.400. The number of nitrogens with zero attached hydrogens (tertiary/aromatic N) is 1. The Kier molecular flexibility index (Phi) is 4.65. The number of carboxylic acid groups (broad SMARTS) is 1. The lowest BCUT2D eigenvalue weighted by Gasteiger charge is -2.27. The molecule has 0 aromatic heterocycles. The number of nitrogens with one attached hydrogen (secondary N) is 1. The smallest absolute Gasteiger partial charge is 0.323 e. The second-order valence-corrected chi connectivity index (χ2v) is 5.13. The molecule has 1 atom stereocenters. The fourth-order valence-corrected chi connectivity index (χ4v) is 2.18. The highest BCUT2D eigenvalue weighted by atomic mass is 16.5. The number of carbonyl (C=O) groups excluding carboxylic acids is 2. The monoisotopic (exact) mass is 306 g/mol. The number of aliphatic carboxylic acids is 1. The minimum Gasteiger partial charge on any atom is -0.482 e. The Morgan fingerprint density at radius 2 is 2.18 bits per heavy atom. The van der Waals surface area contributed by atoms with E-state index in [0.717, 1.165) is 0 Å². The Balaban J connectivity index is 2.28. The molecule has 0 saturated carbocycles. The van der Waals surface area contributed by atoms with Crippen LogP contribution in [0.2, 0.25) is 0 Å². The summed E-state index contributed by atoms with van der Waals surface area (Å²) < 4.78 is 5.23. The Morgan fingerprint density at radius 1 is 1.45 bits per heavy atom. The predicted octanol–water partition coefficient (Wildman–Crippen LogP) is 1.34. The van der Waals surface area contributed by atoms with Crippen molar-refractivity contribution < 1.29 is 24.2 Å². The SMILES string of the molecule is CCC(C)N(CC(=O)O)C(=O)c1ccc2c(c1)NC(=O)CO2. The Bertz CT molecular complexity index is 614. The zero-order valence-electron chi connectivity index (χ0n) is 12.5. The lowest BCUT2D eigenvalue weighted by atomic mass is 10.1. The van der Waals surface area contributed by atoms with E-state index in [9.17, 15) is 14.4 Å². The van der Waals surface area contributed by atoms with Gasteiger partial charge in [-0.3, -0.25) is 14.4 Å². The van der Waals surface area contributed by atoms with Crippen LogP contribution in [0.15, 0.2) is 18.2 Å². The predicted molar refractivity (Wildman–Crippen MR) is 79.0 cm³/mol. The zero-order chi connectivity index (χ0) is 16.3. The second kappa shape index (κ2) is 6.46. The van der Waals surface area contributed by atoms with Crippen molar-refractivity contribution in [3.8, 4) is 5.75 Å². The van der Waals surface area contributed by atoms with E-state index in [2.05, 4.69) is 5.32 Å². The third-order valence-electron chi connectivity index (χ3n) is 3.55. The van der Waals surface area contributed by atoms with Crippen molar-refractivity contribution >= 4 is 23.5 Å². The molecule has 2 N–H and O–H groups in total. The van der Waals surface area contributed by atoms with Crippen LogP contribution >= 0.6 is 0 Å². The van der Waals surface area contributed by atoms with Gasteiger partial charge in [0.15, 0.2) is 6.61 Å². The molecule has 0 spiro atoms. The van der Waals surface area contributed by atoms with Gasteiger partial charge in [-0.15, -0.1) is 0 Å². The summed E-state index contributed by atoms with van der Waals surface area (Å²) in [6, 6.07) is 4.46. The average Bonchev–Trinajstić information content (AvgIpc) is 2.50. The molecule has 0 bridgehead atoms. The molecule has 1 aliphatic heterocycles. The van der Waals surface area contributed by atoms with E-state index in [1.807, 2.05) is 6.92 Å². The van der Waals surface area contributed by atoms with Crippen molar-refractivity contribution in [1.29, 1.82) is 0 Å². The van der Waals surface area contributed by atoms with Crippen LogP contribution in [-0.4, -0.2) is 47.0 Å². The van der Waals surface area contributed by atoms with Gasteiger partial charge in [0.25, 0.3) is 11.8 Å². The summed E-state index contributed by atoms with van der Waals surface area (Å²) in [7, 11) is 0. The highest BCUT2D eigenvalue weighted by molar-refractivity contribution is 6.00. The van der Waals surface area contributed by atoms with Crippen LogP contribution in [0, 0.1) is 0 Å². The number of amides is 2. The van der Waals surface area contributed by atoms with Gasteiger partial charge < -0.3 is 20.1 Å². The van der Waals surface area contributed by atoms with Crippen molar-refractivity contribution in [2.75, 3.05) is 18.5 Å². The molecule has 1 aromatic carbocycles. The van der Waals surface area contributed by atoms with Gasteiger partial charge in [-0.05, 0) is 31.5 Å². The van der Waals surface area contributed by atoms with Gasteiger partial charge in [-0.25, -0.2) is 0 Å². The van der Waals surface area contributed by atoms with Gasteiger partial charge >= 0.3 is 5.97 Å². The molecule has 22 heavy (non-hydrogen) atoms. The van der Waals surface area contributed by atoms with Crippen LogP contribution in [0.1, 0.15) is 30.6 Å². The molecule has 118 valence electrons. The number of fused-ring (bicyclic) bond motifs is 1. The zero-order valence-corrected chi connectivity index (χ0v) is 12.5. The van der Waals surface area contributed by atoms with Gasteiger partial charge in [0.05, 0.1) is 5.69 Å². The van der Waals surface area contributed by atoms with Crippen LogP contribution < -0.4 is 10.1 Å². The lowest BCUT2D eigenvalue weighted by Crippen LogP contribution is -2.41. The highest BCUT2D eigenvalue weighted by Gasteiger charge is 2.25. The molecule has 7 nitrogen and oxygen atoms in total. The van der Waals surface area contributed by atoms with Crippen molar-refractivity contribution in [2.45, 2.75) is 26.3 Å². The molecule has 0 aliphatic carbocycles. The van der Waals surface area contributed by atoms with Crippen molar-refractivity contribution in [1.82, 2.24) is 4.90 Å². The normalized spacial score (nSPS) is 14.4. The maximum atomic E-state index is 12.6. The summed E-state index contributed by atoms with van der Waals surface area (Å²) in [5.74, 6) is -1.26. The van der Waals surface area contributed by atoms with Crippen LogP contribution in [0.25, 0.3) is 0 Å². The van der Waals surface area contributed by atoms with Crippen molar-refractivity contribution in [2.24, 2.45) is 0 Å². The van der Waals surface area contributed by atoms with Crippen LogP contribution in [0.3, 0.4) is 0 Å². The molecule has 1 aliphatic rings. The first-order chi connectivity index (χ1) is 10.4. The molecule has 2 amide bonds. The summed E-state index contributed by atoms with van der Waals surface area (Å²) in [4.78, 5) is 36.2.